The molecule has 0 unspecified atom stereocenters. The fourth-order valence-electron chi connectivity index (χ4n) is 5.24. The van der Waals surface area contributed by atoms with Gasteiger partial charge in [-0.2, -0.15) is 0 Å². The van der Waals surface area contributed by atoms with Gasteiger partial charge in [-0.3, -0.25) is 19.7 Å². The lowest BCUT2D eigenvalue weighted by molar-refractivity contribution is -0.130. The minimum absolute atomic E-state index is 0.0265. The van der Waals surface area contributed by atoms with Gasteiger partial charge in [0.2, 0.25) is 11.8 Å². The van der Waals surface area contributed by atoms with E-state index >= 15 is 0 Å². The Bertz CT molecular complexity index is 538. The van der Waals surface area contributed by atoms with Crippen LogP contribution in [0, 0.1) is 17.3 Å². The van der Waals surface area contributed by atoms with Crippen molar-refractivity contribution in [3.8, 4) is 0 Å². The molecule has 1 aliphatic heterocycles. The predicted molar refractivity (Wildman–Crippen MR) is 97.4 cm³/mol. The van der Waals surface area contributed by atoms with E-state index in [1.807, 2.05) is 0 Å². The summed E-state index contributed by atoms with van der Waals surface area (Å²) in [6.45, 7) is 1.80. The first-order valence-corrected chi connectivity index (χ1v) is 10.5. The molecule has 4 rings (SSSR count). The van der Waals surface area contributed by atoms with Crippen molar-refractivity contribution in [1.29, 1.82) is 0 Å². The lowest BCUT2D eigenvalue weighted by Gasteiger charge is -2.29. The average Bonchev–Trinajstić information content (AvgIpc) is 3.48. The van der Waals surface area contributed by atoms with Crippen LogP contribution >= 0.6 is 0 Å². The number of carbonyl (C=O) groups is 2. The van der Waals surface area contributed by atoms with Crippen LogP contribution in [-0.4, -0.2) is 47.1 Å². The molecular weight excluding hydrogens is 330 g/mol. The molecule has 3 N–H and O–H groups in total. The number of nitrogens with zero attached hydrogens (tertiary/aromatic N) is 1. The molecule has 4 aliphatic rings. The zero-order chi connectivity index (χ0) is 18.1. The maximum Gasteiger partial charge on any atom is 0.243 e. The molecule has 2 amide bonds. The molecule has 2 atom stereocenters. The summed E-state index contributed by atoms with van der Waals surface area (Å²) in [6.07, 6.45) is 12.2. The first-order valence-electron chi connectivity index (χ1n) is 10.5. The Kier molecular flexibility index (Phi) is 5.24. The third-order valence-corrected chi connectivity index (χ3v) is 7.02. The Balaban J connectivity index is 1.40. The number of hydrogen-bond acceptors (Lipinski definition) is 4. The van der Waals surface area contributed by atoms with Crippen molar-refractivity contribution in [2.24, 2.45) is 17.3 Å². The van der Waals surface area contributed by atoms with Crippen LogP contribution in [0.3, 0.4) is 0 Å². The maximum atomic E-state index is 12.8. The van der Waals surface area contributed by atoms with Crippen LogP contribution < -0.4 is 10.8 Å². The van der Waals surface area contributed by atoms with Crippen LogP contribution in [0.2, 0.25) is 0 Å². The number of likely N-dealkylation sites (tertiary alicyclic amines) is 1. The van der Waals surface area contributed by atoms with Gasteiger partial charge in [0.25, 0.3) is 0 Å². The van der Waals surface area contributed by atoms with Crippen molar-refractivity contribution in [2.45, 2.75) is 82.7 Å². The third kappa shape index (κ3) is 4.39. The number of hydrogen-bond donors (Lipinski definition) is 3. The minimum Gasteiger partial charge on any atom is -0.352 e. The average molecular weight is 364 g/mol. The fraction of sp³-hybridized carbons (Fsp3) is 0.900. The minimum atomic E-state index is -0.299. The van der Waals surface area contributed by atoms with Gasteiger partial charge < -0.3 is 5.32 Å². The highest BCUT2D eigenvalue weighted by molar-refractivity contribution is 5.83. The SMILES string of the molecule is O=C(C[C@@H](CC1CCCC1)CN1CC2(CC2)C[C@H]1C(=O)NC1CC1)NO. The molecule has 1 heterocycles. The number of rotatable bonds is 8. The Hall–Kier alpha value is -1.14. The van der Waals surface area contributed by atoms with Crippen LogP contribution in [0.1, 0.15) is 70.6 Å². The van der Waals surface area contributed by atoms with E-state index in [2.05, 4.69) is 10.2 Å². The molecule has 0 radical (unpaired) electrons. The monoisotopic (exact) mass is 363 g/mol. The van der Waals surface area contributed by atoms with E-state index in [1.54, 1.807) is 5.48 Å². The van der Waals surface area contributed by atoms with Gasteiger partial charge >= 0.3 is 0 Å². The van der Waals surface area contributed by atoms with Crippen molar-refractivity contribution >= 4 is 11.8 Å². The lowest BCUT2D eigenvalue weighted by atomic mass is 9.90. The Morgan fingerprint density at radius 1 is 1.15 bits per heavy atom. The second kappa shape index (κ2) is 7.47. The summed E-state index contributed by atoms with van der Waals surface area (Å²) >= 11 is 0. The molecule has 1 spiro atoms. The predicted octanol–water partition coefficient (Wildman–Crippen LogP) is 2.21. The number of nitrogens with one attached hydrogen (secondary N) is 2. The van der Waals surface area contributed by atoms with Gasteiger partial charge in [-0.1, -0.05) is 25.7 Å². The molecule has 0 aromatic heterocycles. The molecule has 3 saturated carbocycles. The first kappa shape index (κ1) is 18.2. The Labute approximate surface area is 156 Å². The molecule has 1 saturated heterocycles. The molecule has 146 valence electrons. The summed E-state index contributed by atoms with van der Waals surface area (Å²) in [5.41, 5.74) is 2.17. The molecule has 26 heavy (non-hydrogen) atoms. The lowest BCUT2D eigenvalue weighted by Crippen LogP contribution is -2.46. The molecule has 6 nitrogen and oxygen atoms in total. The summed E-state index contributed by atoms with van der Waals surface area (Å²) in [4.78, 5) is 26.9. The summed E-state index contributed by atoms with van der Waals surface area (Å²) in [7, 11) is 0. The summed E-state index contributed by atoms with van der Waals surface area (Å²) in [5.74, 6) is 0.813. The first-order chi connectivity index (χ1) is 12.6. The van der Waals surface area contributed by atoms with Gasteiger partial charge in [-0.15, -0.1) is 0 Å². The molecular formula is C20H33N3O3. The summed E-state index contributed by atoms with van der Waals surface area (Å²) in [6, 6.07) is 0.371. The highest BCUT2D eigenvalue weighted by atomic mass is 16.5. The second-order valence-corrected chi connectivity index (χ2v) is 9.42. The maximum absolute atomic E-state index is 12.8. The summed E-state index contributed by atoms with van der Waals surface area (Å²) < 4.78 is 0. The van der Waals surface area contributed by atoms with Gasteiger partial charge in [0.05, 0.1) is 6.04 Å². The molecule has 0 bridgehead atoms. The zero-order valence-electron chi connectivity index (χ0n) is 15.7. The molecule has 3 aliphatic carbocycles. The fourth-order valence-corrected chi connectivity index (χ4v) is 5.24. The Morgan fingerprint density at radius 3 is 2.50 bits per heavy atom. The van der Waals surface area contributed by atoms with E-state index in [-0.39, 0.29) is 23.8 Å². The van der Waals surface area contributed by atoms with Gasteiger partial charge in [-0.05, 0) is 55.8 Å². The van der Waals surface area contributed by atoms with Gasteiger partial charge in [0, 0.05) is 25.6 Å². The molecule has 4 fully saturated rings. The quantitative estimate of drug-likeness (QED) is 0.456. The van der Waals surface area contributed by atoms with Crippen LogP contribution in [0.25, 0.3) is 0 Å². The largest absolute Gasteiger partial charge is 0.352 e. The van der Waals surface area contributed by atoms with Gasteiger partial charge in [0.1, 0.15) is 0 Å². The van der Waals surface area contributed by atoms with Crippen molar-refractivity contribution in [3.63, 3.8) is 0 Å². The number of amides is 2. The van der Waals surface area contributed by atoms with Crippen LogP contribution in [0.4, 0.5) is 0 Å². The van der Waals surface area contributed by atoms with E-state index in [4.69, 9.17) is 5.21 Å². The van der Waals surface area contributed by atoms with E-state index < -0.39 is 0 Å². The van der Waals surface area contributed by atoms with E-state index in [1.165, 1.54) is 38.5 Å². The summed E-state index contributed by atoms with van der Waals surface area (Å²) in [5, 5.41) is 12.2. The topological polar surface area (TPSA) is 81.7 Å². The molecule has 6 heteroatoms. The standard InChI is InChI=1S/C20H33N3O3/c24-18(22-26)10-15(9-14-3-1-2-4-14)12-23-13-20(7-8-20)11-17(23)19(25)21-16-5-6-16/h14-17,26H,1-13H2,(H,21,25)(H,22,24)/t15-,17+/m1/s1. The Morgan fingerprint density at radius 2 is 1.88 bits per heavy atom. The highest BCUT2D eigenvalue weighted by Gasteiger charge is 2.54. The normalized spacial score (nSPS) is 29.0. The second-order valence-electron chi connectivity index (χ2n) is 9.42. The highest BCUT2D eigenvalue weighted by Crippen LogP contribution is 2.55. The zero-order valence-corrected chi connectivity index (χ0v) is 15.7. The number of hydroxylamine groups is 1. The van der Waals surface area contributed by atoms with Gasteiger partial charge in [-0.25, -0.2) is 5.48 Å². The van der Waals surface area contributed by atoms with Crippen LogP contribution in [0.5, 0.6) is 0 Å². The third-order valence-electron chi connectivity index (χ3n) is 7.02. The van der Waals surface area contributed by atoms with Crippen molar-refractivity contribution in [3.05, 3.63) is 0 Å². The number of carbonyl (C=O) groups excluding carboxylic acids is 2. The van der Waals surface area contributed by atoms with E-state index in [0.717, 1.165) is 38.8 Å². The van der Waals surface area contributed by atoms with Crippen molar-refractivity contribution in [1.82, 2.24) is 15.7 Å². The molecule has 0 aromatic carbocycles. The van der Waals surface area contributed by atoms with Crippen LogP contribution in [0.15, 0.2) is 0 Å². The smallest absolute Gasteiger partial charge is 0.243 e. The molecule has 0 aromatic rings. The van der Waals surface area contributed by atoms with Gasteiger partial charge in [0.15, 0.2) is 0 Å². The van der Waals surface area contributed by atoms with E-state index in [0.29, 0.717) is 23.8 Å². The van der Waals surface area contributed by atoms with E-state index in [9.17, 15) is 9.59 Å². The van der Waals surface area contributed by atoms with Crippen molar-refractivity contribution < 1.29 is 14.8 Å². The van der Waals surface area contributed by atoms with Crippen molar-refractivity contribution in [2.75, 3.05) is 13.1 Å². The van der Waals surface area contributed by atoms with Crippen LogP contribution in [-0.2, 0) is 9.59 Å².